The molecule has 0 heterocycles. The third-order valence-electron chi connectivity index (χ3n) is 3.51. The van der Waals surface area contributed by atoms with Gasteiger partial charge in [0.2, 0.25) is 0 Å². The highest BCUT2D eigenvalue weighted by Gasteiger charge is 2.29. The number of sulfone groups is 1. The molecule has 3 nitrogen and oxygen atoms in total. The monoisotopic (exact) mass is 245 g/mol. The Morgan fingerprint density at radius 3 is 2.69 bits per heavy atom. The Labute approximate surface area is 99.0 Å². The van der Waals surface area contributed by atoms with Crippen LogP contribution in [0.4, 0.5) is 0 Å². The summed E-state index contributed by atoms with van der Waals surface area (Å²) in [4.78, 5) is 0. The van der Waals surface area contributed by atoms with Gasteiger partial charge in [0.05, 0.1) is 5.25 Å². The van der Waals surface area contributed by atoms with Crippen LogP contribution in [0.2, 0.25) is 0 Å². The third kappa shape index (κ3) is 3.91. The van der Waals surface area contributed by atoms with E-state index in [0.29, 0.717) is 12.5 Å². The molecule has 0 aromatic rings. The van der Waals surface area contributed by atoms with E-state index in [4.69, 9.17) is 5.73 Å². The van der Waals surface area contributed by atoms with Crippen molar-refractivity contribution in [3.63, 3.8) is 0 Å². The largest absolute Gasteiger partial charge is 0.330 e. The number of hydrogen-bond donors (Lipinski definition) is 1. The van der Waals surface area contributed by atoms with E-state index in [0.717, 1.165) is 32.1 Å². The van der Waals surface area contributed by atoms with Crippen LogP contribution >= 0.6 is 0 Å². The molecule has 0 aromatic carbocycles. The lowest BCUT2D eigenvalue weighted by molar-refractivity contribution is 0.398. The first kappa shape index (κ1) is 13.7. The minimum absolute atomic E-state index is 0.132. The predicted octanol–water partition coefficient (Wildman–Crippen LogP) is 1.88. The number of rotatable bonds is 4. The van der Waals surface area contributed by atoms with E-state index < -0.39 is 9.84 Å². The van der Waals surface area contributed by atoms with Crippen LogP contribution in [0.3, 0.4) is 0 Å². The molecule has 2 unspecified atom stereocenters. The first-order chi connectivity index (χ1) is 7.45. The summed E-state index contributed by atoms with van der Waals surface area (Å²) in [6, 6.07) is 0. The van der Waals surface area contributed by atoms with E-state index in [9.17, 15) is 8.42 Å². The van der Waals surface area contributed by atoms with E-state index in [2.05, 4.69) is 13.0 Å². The zero-order valence-electron chi connectivity index (χ0n) is 10.3. The van der Waals surface area contributed by atoms with Gasteiger partial charge in [0, 0.05) is 6.26 Å². The van der Waals surface area contributed by atoms with Crippen molar-refractivity contribution in [2.24, 2.45) is 11.7 Å². The van der Waals surface area contributed by atoms with Crippen LogP contribution in [0.1, 0.15) is 39.0 Å². The predicted molar refractivity (Wildman–Crippen MR) is 68.0 cm³/mol. The molecule has 1 fully saturated rings. The van der Waals surface area contributed by atoms with Gasteiger partial charge in [-0.15, -0.1) is 0 Å². The molecule has 4 heteroatoms. The Kier molecular flexibility index (Phi) is 4.99. The summed E-state index contributed by atoms with van der Waals surface area (Å²) in [5, 5.41) is -0.132. The van der Waals surface area contributed by atoms with Crippen molar-refractivity contribution < 1.29 is 8.42 Å². The molecule has 0 aromatic heterocycles. The van der Waals surface area contributed by atoms with E-state index in [1.807, 2.05) is 0 Å². The highest BCUT2D eigenvalue weighted by Crippen LogP contribution is 2.32. The molecule has 1 aliphatic carbocycles. The average Bonchev–Trinajstić information content (AvgIpc) is 2.25. The van der Waals surface area contributed by atoms with Crippen LogP contribution < -0.4 is 5.73 Å². The maximum absolute atomic E-state index is 11.5. The van der Waals surface area contributed by atoms with Gasteiger partial charge in [-0.2, -0.15) is 0 Å². The Morgan fingerprint density at radius 2 is 2.12 bits per heavy atom. The van der Waals surface area contributed by atoms with E-state index >= 15 is 0 Å². The molecule has 16 heavy (non-hydrogen) atoms. The topological polar surface area (TPSA) is 60.2 Å². The van der Waals surface area contributed by atoms with Crippen LogP contribution in [0, 0.1) is 5.92 Å². The van der Waals surface area contributed by atoms with Gasteiger partial charge >= 0.3 is 0 Å². The second kappa shape index (κ2) is 5.82. The van der Waals surface area contributed by atoms with Gasteiger partial charge in [-0.1, -0.05) is 18.1 Å². The molecular weight excluding hydrogens is 222 g/mol. The summed E-state index contributed by atoms with van der Waals surface area (Å²) < 4.78 is 23.1. The molecule has 1 saturated carbocycles. The van der Waals surface area contributed by atoms with E-state index in [1.165, 1.54) is 11.8 Å². The summed E-state index contributed by atoms with van der Waals surface area (Å²) in [5.41, 5.74) is 6.78. The Hall–Kier alpha value is -0.350. The van der Waals surface area contributed by atoms with Gasteiger partial charge in [-0.25, -0.2) is 8.42 Å². The summed E-state index contributed by atoms with van der Waals surface area (Å²) in [7, 11) is -2.86. The quantitative estimate of drug-likeness (QED) is 0.769. The lowest BCUT2D eigenvalue weighted by Crippen LogP contribution is -2.27. The average molecular weight is 245 g/mol. The zero-order chi connectivity index (χ0) is 12.2. The summed E-state index contributed by atoms with van der Waals surface area (Å²) in [6.07, 6.45) is 8.19. The van der Waals surface area contributed by atoms with Crippen LogP contribution in [-0.4, -0.2) is 26.5 Å². The van der Waals surface area contributed by atoms with Crippen LogP contribution in [0.15, 0.2) is 11.6 Å². The molecule has 2 atom stereocenters. The lowest BCUT2D eigenvalue weighted by Gasteiger charge is -2.28. The van der Waals surface area contributed by atoms with E-state index in [-0.39, 0.29) is 5.25 Å². The van der Waals surface area contributed by atoms with Crippen molar-refractivity contribution in [2.45, 2.75) is 44.3 Å². The third-order valence-corrected chi connectivity index (χ3v) is 5.15. The highest BCUT2D eigenvalue weighted by atomic mass is 32.2. The van der Waals surface area contributed by atoms with Crippen molar-refractivity contribution in [1.29, 1.82) is 0 Å². The number of allylic oxidation sites excluding steroid dienone is 1. The van der Waals surface area contributed by atoms with Crippen molar-refractivity contribution in [1.82, 2.24) is 0 Å². The molecule has 0 bridgehead atoms. The van der Waals surface area contributed by atoms with Crippen molar-refractivity contribution in [3.05, 3.63) is 11.6 Å². The molecule has 0 aliphatic heterocycles. The maximum atomic E-state index is 11.5. The number of hydrogen-bond acceptors (Lipinski definition) is 3. The van der Waals surface area contributed by atoms with Crippen molar-refractivity contribution in [2.75, 3.05) is 12.8 Å². The number of nitrogens with two attached hydrogens (primary N) is 1. The van der Waals surface area contributed by atoms with Gasteiger partial charge in [-0.05, 0) is 45.1 Å². The van der Waals surface area contributed by atoms with Gasteiger partial charge in [-0.3, -0.25) is 0 Å². The maximum Gasteiger partial charge on any atom is 0.150 e. The van der Waals surface area contributed by atoms with Gasteiger partial charge in [0.1, 0.15) is 9.84 Å². The molecule has 2 N–H and O–H groups in total. The van der Waals surface area contributed by atoms with Gasteiger partial charge in [0.15, 0.2) is 0 Å². The van der Waals surface area contributed by atoms with E-state index in [1.54, 1.807) is 0 Å². The zero-order valence-corrected chi connectivity index (χ0v) is 11.1. The first-order valence-electron chi connectivity index (χ1n) is 6.00. The summed E-state index contributed by atoms with van der Waals surface area (Å²) >= 11 is 0. The Balaban J connectivity index is 2.64. The van der Waals surface area contributed by atoms with Crippen molar-refractivity contribution in [3.8, 4) is 0 Å². The lowest BCUT2D eigenvalue weighted by atomic mass is 9.84. The minimum atomic E-state index is -2.86. The molecule has 1 aliphatic rings. The normalized spacial score (nSPS) is 28.1. The van der Waals surface area contributed by atoms with Gasteiger partial charge < -0.3 is 5.73 Å². The fourth-order valence-corrected chi connectivity index (χ4v) is 3.60. The molecule has 0 saturated heterocycles. The highest BCUT2D eigenvalue weighted by molar-refractivity contribution is 7.91. The summed E-state index contributed by atoms with van der Waals surface area (Å²) in [5.74, 6) is 0.444. The minimum Gasteiger partial charge on any atom is -0.330 e. The second-order valence-electron chi connectivity index (χ2n) is 4.84. The van der Waals surface area contributed by atoms with Crippen LogP contribution in [0.5, 0.6) is 0 Å². The molecule has 1 rings (SSSR count). The second-order valence-corrected chi connectivity index (χ2v) is 7.17. The Bertz CT molecular complexity index is 346. The SMILES string of the molecule is CC(=CCCN)C1CCCC(S(C)(=O)=O)C1. The smallest absolute Gasteiger partial charge is 0.150 e. The van der Waals surface area contributed by atoms with Gasteiger partial charge in [0.25, 0.3) is 0 Å². The Morgan fingerprint density at radius 1 is 1.44 bits per heavy atom. The van der Waals surface area contributed by atoms with Crippen molar-refractivity contribution >= 4 is 9.84 Å². The molecular formula is C12H23NO2S. The summed E-state index contributed by atoms with van der Waals surface area (Å²) in [6.45, 7) is 2.77. The van der Waals surface area contributed by atoms with Crippen LogP contribution in [0.25, 0.3) is 0 Å². The molecule has 0 amide bonds. The molecule has 94 valence electrons. The first-order valence-corrected chi connectivity index (χ1v) is 7.96. The molecule has 0 spiro atoms. The standard InChI is InChI=1S/C12H23NO2S/c1-10(5-4-8-13)11-6-3-7-12(9-11)16(2,14)15/h5,11-12H,3-4,6-9,13H2,1-2H3. The fourth-order valence-electron chi connectivity index (χ4n) is 2.43. The van der Waals surface area contributed by atoms with Crippen LogP contribution in [-0.2, 0) is 9.84 Å². The molecule has 0 radical (unpaired) electrons. The fraction of sp³-hybridized carbons (Fsp3) is 0.833.